The predicted octanol–water partition coefficient (Wildman–Crippen LogP) is 5.26. The fraction of sp³-hybridized carbons (Fsp3) is 0.176. The van der Waals surface area contributed by atoms with Crippen LogP contribution in [-0.2, 0) is 6.42 Å². The van der Waals surface area contributed by atoms with Crippen LogP contribution in [-0.4, -0.2) is 0 Å². The molecule has 1 heterocycles. The Hall–Kier alpha value is -1.73. The zero-order valence-electron chi connectivity index (χ0n) is 10.8. The van der Waals surface area contributed by atoms with Gasteiger partial charge in [-0.25, -0.2) is 0 Å². The van der Waals surface area contributed by atoms with Gasteiger partial charge in [-0.3, -0.25) is 0 Å². The summed E-state index contributed by atoms with van der Waals surface area (Å²) in [6, 6.07) is 16.7. The molecule has 0 spiro atoms. The lowest BCUT2D eigenvalue weighted by molar-refractivity contribution is 0.499. The molecule has 2 heteroatoms. The first kappa shape index (κ1) is 12.3. The van der Waals surface area contributed by atoms with E-state index in [-0.39, 0.29) is 5.38 Å². The van der Waals surface area contributed by atoms with Crippen LogP contribution in [0.25, 0.3) is 10.8 Å². The molecule has 0 aliphatic rings. The van der Waals surface area contributed by atoms with Gasteiger partial charge in [0.15, 0.2) is 0 Å². The van der Waals surface area contributed by atoms with Gasteiger partial charge in [-0.1, -0.05) is 42.5 Å². The van der Waals surface area contributed by atoms with Crippen molar-refractivity contribution in [1.82, 2.24) is 0 Å². The second-order valence-electron chi connectivity index (χ2n) is 4.78. The molecular weight excluding hydrogens is 256 g/mol. The van der Waals surface area contributed by atoms with E-state index < -0.39 is 0 Å². The Balaban J connectivity index is 1.96. The van der Waals surface area contributed by atoms with Crippen LogP contribution in [0.5, 0.6) is 0 Å². The zero-order chi connectivity index (χ0) is 13.2. The van der Waals surface area contributed by atoms with E-state index in [2.05, 4.69) is 42.5 Å². The molecular formula is C17H15ClO. The van der Waals surface area contributed by atoms with Gasteiger partial charge in [-0.05, 0) is 41.3 Å². The van der Waals surface area contributed by atoms with Gasteiger partial charge in [0.2, 0.25) is 0 Å². The lowest BCUT2D eigenvalue weighted by atomic mass is 9.99. The summed E-state index contributed by atoms with van der Waals surface area (Å²) in [7, 11) is 0. The maximum Gasteiger partial charge on any atom is 0.124 e. The Bertz CT molecular complexity index is 694. The molecule has 96 valence electrons. The third-order valence-electron chi connectivity index (χ3n) is 3.47. The number of alkyl halides is 1. The molecule has 1 unspecified atom stereocenters. The number of hydrogen-bond acceptors (Lipinski definition) is 1. The quantitative estimate of drug-likeness (QED) is 0.592. The van der Waals surface area contributed by atoms with Crippen LogP contribution in [0.4, 0.5) is 0 Å². The summed E-state index contributed by atoms with van der Waals surface area (Å²) >= 11 is 6.49. The first-order valence-corrected chi connectivity index (χ1v) is 6.84. The molecule has 0 N–H and O–H groups in total. The van der Waals surface area contributed by atoms with Crippen molar-refractivity contribution < 1.29 is 4.42 Å². The van der Waals surface area contributed by atoms with Gasteiger partial charge in [0, 0.05) is 0 Å². The van der Waals surface area contributed by atoms with Crippen molar-refractivity contribution >= 4 is 22.4 Å². The summed E-state index contributed by atoms with van der Waals surface area (Å²) in [6.45, 7) is 2.03. The van der Waals surface area contributed by atoms with E-state index in [1.165, 1.54) is 16.3 Å². The molecule has 1 aromatic heterocycles. The summed E-state index contributed by atoms with van der Waals surface area (Å²) < 4.78 is 5.48. The van der Waals surface area contributed by atoms with E-state index in [1.807, 2.05) is 13.0 Å². The maximum absolute atomic E-state index is 6.49. The monoisotopic (exact) mass is 270 g/mol. The van der Waals surface area contributed by atoms with Gasteiger partial charge in [0.25, 0.3) is 0 Å². The molecule has 0 saturated heterocycles. The summed E-state index contributed by atoms with van der Waals surface area (Å²) in [4.78, 5) is 0. The molecule has 0 bridgehead atoms. The molecule has 1 atom stereocenters. The molecule has 2 aromatic carbocycles. The third kappa shape index (κ3) is 2.39. The molecule has 0 radical (unpaired) electrons. The van der Waals surface area contributed by atoms with E-state index in [1.54, 1.807) is 6.26 Å². The fourth-order valence-electron chi connectivity index (χ4n) is 2.46. The molecule has 3 rings (SSSR count). The first-order chi connectivity index (χ1) is 9.25. The SMILES string of the molecule is Cc1ccoc1C(Cl)Cc1cccc2ccccc12. The number of halogens is 1. The van der Waals surface area contributed by atoms with Crippen LogP contribution in [0.1, 0.15) is 22.3 Å². The molecule has 0 amide bonds. The van der Waals surface area contributed by atoms with Gasteiger partial charge in [-0.2, -0.15) is 0 Å². The van der Waals surface area contributed by atoms with Crippen molar-refractivity contribution in [3.05, 3.63) is 71.7 Å². The van der Waals surface area contributed by atoms with Gasteiger partial charge < -0.3 is 4.42 Å². The van der Waals surface area contributed by atoms with Gasteiger partial charge >= 0.3 is 0 Å². The Kier molecular flexibility index (Phi) is 3.31. The normalized spacial score (nSPS) is 12.7. The van der Waals surface area contributed by atoms with E-state index in [0.29, 0.717) is 0 Å². The molecule has 0 saturated carbocycles. The van der Waals surface area contributed by atoms with Crippen molar-refractivity contribution in [2.45, 2.75) is 18.7 Å². The Morgan fingerprint density at radius 1 is 1.05 bits per heavy atom. The molecule has 19 heavy (non-hydrogen) atoms. The average molecular weight is 271 g/mol. The standard InChI is InChI=1S/C17H15ClO/c1-12-9-10-19-17(12)16(18)11-14-7-4-6-13-5-2-3-8-15(13)14/h2-10,16H,11H2,1H3. The number of aryl methyl sites for hydroxylation is 1. The molecule has 0 aliphatic heterocycles. The highest BCUT2D eigenvalue weighted by Crippen LogP contribution is 2.30. The highest BCUT2D eigenvalue weighted by atomic mass is 35.5. The van der Waals surface area contributed by atoms with Crippen molar-refractivity contribution in [1.29, 1.82) is 0 Å². The highest BCUT2D eigenvalue weighted by molar-refractivity contribution is 6.20. The molecule has 3 aromatic rings. The van der Waals surface area contributed by atoms with Crippen molar-refractivity contribution in [2.24, 2.45) is 0 Å². The van der Waals surface area contributed by atoms with E-state index >= 15 is 0 Å². The first-order valence-electron chi connectivity index (χ1n) is 6.40. The van der Waals surface area contributed by atoms with Crippen molar-refractivity contribution in [2.75, 3.05) is 0 Å². The Labute approximate surface area is 117 Å². The number of fused-ring (bicyclic) bond motifs is 1. The second-order valence-corrected chi connectivity index (χ2v) is 5.30. The minimum atomic E-state index is -0.124. The zero-order valence-corrected chi connectivity index (χ0v) is 11.5. The smallest absolute Gasteiger partial charge is 0.124 e. The van der Waals surface area contributed by atoms with E-state index in [0.717, 1.165) is 17.7 Å². The molecule has 0 aliphatic carbocycles. The Morgan fingerprint density at radius 3 is 2.63 bits per heavy atom. The number of benzene rings is 2. The van der Waals surface area contributed by atoms with Crippen LogP contribution in [0.3, 0.4) is 0 Å². The van der Waals surface area contributed by atoms with E-state index in [4.69, 9.17) is 16.0 Å². The van der Waals surface area contributed by atoms with Crippen LogP contribution in [0, 0.1) is 6.92 Å². The van der Waals surface area contributed by atoms with Gasteiger partial charge in [0.1, 0.15) is 5.76 Å². The number of hydrogen-bond donors (Lipinski definition) is 0. The van der Waals surface area contributed by atoms with Gasteiger partial charge in [-0.15, -0.1) is 11.6 Å². The number of rotatable bonds is 3. The third-order valence-corrected chi connectivity index (χ3v) is 3.82. The van der Waals surface area contributed by atoms with Gasteiger partial charge in [0.05, 0.1) is 11.6 Å². The van der Waals surface area contributed by atoms with Crippen LogP contribution >= 0.6 is 11.6 Å². The predicted molar refractivity (Wildman–Crippen MR) is 79.7 cm³/mol. The van der Waals surface area contributed by atoms with Crippen LogP contribution in [0.15, 0.2) is 59.2 Å². The molecule has 1 nitrogen and oxygen atoms in total. The second kappa shape index (κ2) is 5.10. The van der Waals surface area contributed by atoms with Crippen molar-refractivity contribution in [3.63, 3.8) is 0 Å². The average Bonchev–Trinajstić information content (AvgIpc) is 2.85. The fourth-order valence-corrected chi connectivity index (χ4v) is 2.85. The lowest BCUT2D eigenvalue weighted by Gasteiger charge is -2.10. The van der Waals surface area contributed by atoms with Crippen molar-refractivity contribution in [3.8, 4) is 0 Å². The van der Waals surface area contributed by atoms with Crippen LogP contribution in [0.2, 0.25) is 0 Å². The minimum Gasteiger partial charge on any atom is -0.467 e. The lowest BCUT2D eigenvalue weighted by Crippen LogP contribution is -1.97. The summed E-state index contributed by atoms with van der Waals surface area (Å²) in [5.74, 6) is 0.870. The minimum absolute atomic E-state index is 0.124. The largest absolute Gasteiger partial charge is 0.467 e. The highest BCUT2D eigenvalue weighted by Gasteiger charge is 2.15. The topological polar surface area (TPSA) is 13.1 Å². The summed E-state index contributed by atoms with van der Waals surface area (Å²) in [5, 5.41) is 2.39. The maximum atomic E-state index is 6.49. The molecule has 0 fully saturated rings. The van der Waals surface area contributed by atoms with E-state index in [9.17, 15) is 0 Å². The van der Waals surface area contributed by atoms with Crippen LogP contribution < -0.4 is 0 Å². The number of furan rings is 1. The summed E-state index contributed by atoms with van der Waals surface area (Å²) in [5.41, 5.74) is 2.37. The summed E-state index contributed by atoms with van der Waals surface area (Å²) in [6.07, 6.45) is 2.47. The Morgan fingerprint density at radius 2 is 1.84 bits per heavy atom.